The number of aryl methyl sites for hydroxylation is 1. The summed E-state index contributed by atoms with van der Waals surface area (Å²) in [6, 6.07) is 14.3. The van der Waals surface area contributed by atoms with Crippen molar-refractivity contribution in [2.24, 2.45) is 0 Å². The number of anilines is 1. The van der Waals surface area contributed by atoms with Gasteiger partial charge in [0.2, 0.25) is 0 Å². The zero-order valence-electron chi connectivity index (χ0n) is 15.1. The number of fused-ring (bicyclic) bond motifs is 3. The molecule has 0 N–H and O–H groups in total. The minimum Gasteiger partial charge on any atom is -0.268 e. The van der Waals surface area contributed by atoms with Crippen LogP contribution in [0.25, 0.3) is 16.7 Å². The Labute approximate surface area is 178 Å². The van der Waals surface area contributed by atoms with Crippen molar-refractivity contribution in [1.29, 1.82) is 0 Å². The van der Waals surface area contributed by atoms with E-state index >= 15 is 0 Å². The number of carbonyl (C=O) groups is 2. The van der Waals surface area contributed by atoms with Crippen LogP contribution in [0.2, 0.25) is 5.02 Å². The minimum atomic E-state index is -0.419. The Balaban J connectivity index is 1.71. The third kappa shape index (κ3) is 2.69. The number of amides is 2. The molecule has 2 aromatic heterocycles. The van der Waals surface area contributed by atoms with E-state index in [1.807, 2.05) is 24.3 Å². The summed E-state index contributed by atoms with van der Waals surface area (Å²) >= 11 is 9.47. The molecule has 0 fully saturated rings. The van der Waals surface area contributed by atoms with Crippen molar-refractivity contribution in [3.8, 4) is 5.69 Å². The summed E-state index contributed by atoms with van der Waals surface area (Å²) in [4.78, 5) is 31.8. The minimum absolute atomic E-state index is 0.265. The van der Waals surface area contributed by atoms with Crippen molar-refractivity contribution >= 4 is 56.1 Å². The summed E-state index contributed by atoms with van der Waals surface area (Å²) in [6.07, 6.45) is 1.44. The zero-order chi connectivity index (χ0) is 20.3. The lowest BCUT2D eigenvalue weighted by atomic mass is 10.1. The Kier molecular flexibility index (Phi) is 4.04. The lowest BCUT2D eigenvalue weighted by molar-refractivity contribution is 0.0926. The number of rotatable bonds is 2. The van der Waals surface area contributed by atoms with E-state index in [-0.39, 0.29) is 5.56 Å². The first kappa shape index (κ1) is 18.0. The molecule has 142 valence electrons. The Bertz CT molecular complexity index is 1330. The first-order valence-corrected chi connectivity index (χ1v) is 9.91. The molecule has 3 heterocycles. The maximum absolute atomic E-state index is 13.3. The van der Waals surface area contributed by atoms with E-state index < -0.39 is 11.8 Å². The highest BCUT2D eigenvalue weighted by Gasteiger charge is 2.40. The van der Waals surface area contributed by atoms with Gasteiger partial charge < -0.3 is 0 Å². The number of pyridine rings is 1. The standard InChI is InChI=1S/C21H12BrClN4O2/c1-11-17-18-16(20(28)26(21(18)29)15-4-2-3-13(23)9-15)10-24-19(17)27(25-11)14-7-5-12(22)6-8-14/h2-10H,1H3. The van der Waals surface area contributed by atoms with E-state index in [1.54, 1.807) is 35.9 Å². The fraction of sp³-hybridized carbons (Fsp3) is 0.0476. The van der Waals surface area contributed by atoms with Gasteiger partial charge in [-0.2, -0.15) is 5.10 Å². The summed E-state index contributed by atoms with van der Waals surface area (Å²) in [5, 5.41) is 5.60. The quantitative estimate of drug-likeness (QED) is 0.391. The molecular formula is C21H12BrClN4O2. The Morgan fingerprint density at radius 1 is 1.00 bits per heavy atom. The number of aromatic nitrogens is 3. The third-order valence-electron chi connectivity index (χ3n) is 4.86. The molecular weight excluding hydrogens is 456 g/mol. The van der Waals surface area contributed by atoms with Gasteiger partial charge in [-0.3, -0.25) is 9.59 Å². The second-order valence-electron chi connectivity index (χ2n) is 6.64. The van der Waals surface area contributed by atoms with E-state index in [4.69, 9.17) is 11.6 Å². The van der Waals surface area contributed by atoms with Crippen LogP contribution in [0.4, 0.5) is 5.69 Å². The topological polar surface area (TPSA) is 68.1 Å². The van der Waals surface area contributed by atoms with Crippen molar-refractivity contribution < 1.29 is 9.59 Å². The van der Waals surface area contributed by atoms with E-state index in [0.29, 0.717) is 33.0 Å². The predicted octanol–water partition coefficient (Wildman–Crippen LogP) is 4.95. The summed E-state index contributed by atoms with van der Waals surface area (Å²) < 4.78 is 2.62. The lowest BCUT2D eigenvalue weighted by Gasteiger charge is -2.13. The van der Waals surface area contributed by atoms with Crippen molar-refractivity contribution in [2.45, 2.75) is 6.92 Å². The molecule has 0 radical (unpaired) electrons. The lowest BCUT2D eigenvalue weighted by Crippen LogP contribution is -2.29. The Morgan fingerprint density at radius 3 is 2.48 bits per heavy atom. The van der Waals surface area contributed by atoms with E-state index in [1.165, 1.54) is 6.20 Å². The van der Waals surface area contributed by atoms with Gasteiger partial charge in [-0.05, 0) is 49.4 Å². The number of carbonyl (C=O) groups excluding carboxylic acids is 2. The fourth-order valence-electron chi connectivity index (χ4n) is 3.57. The monoisotopic (exact) mass is 466 g/mol. The number of benzene rings is 2. The normalized spacial score (nSPS) is 13.4. The van der Waals surface area contributed by atoms with Gasteiger partial charge in [0.25, 0.3) is 11.8 Å². The molecule has 0 aliphatic carbocycles. The van der Waals surface area contributed by atoms with Crippen LogP contribution in [0.5, 0.6) is 0 Å². The SMILES string of the molecule is Cc1nn(-c2ccc(Br)cc2)c2ncc3c(c12)C(=O)N(c1cccc(Cl)c1)C3=O. The summed E-state index contributed by atoms with van der Waals surface area (Å²) in [5.74, 6) is -0.824. The molecule has 8 heteroatoms. The second-order valence-corrected chi connectivity index (χ2v) is 8.00. The highest BCUT2D eigenvalue weighted by Crippen LogP contribution is 2.35. The molecule has 6 nitrogen and oxygen atoms in total. The largest absolute Gasteiger partial charge is 0.268 e. The molecule has 5 rings (SSSR count). The molecule has 0 atom stereocenters. The number of nitrogens with zero attached hydrogens (tertiary/aromatic N) is 4. The maximum atomic E-state index is 13.3. The third-order valence-corrected chi connectivity index (χ3v) is 5.62. The molecule has 1 aliphatic rings. The highest BCUT2D eigenvalue weighted by molar-refractivity contribution is 9.10. The molecule has 2 amide bonds. The molecule has 0 spiro atoms. The molecule has 0 saturated carbocycles. The maximum Gasteiger partial charge on any atom is 0.267 e. The summed E-state index contributed by atoms with van der Waals surface area (Å²) in [6.45, 7) is 1.81. The average molecular weight is 468 g/mol. The van der Waals surface area contributed by atoms with Crippen molar-refractivity contribution in [2.75, 3.05) is 4.90 Å². The molecule has 29 heavy (non-hydrogen) atoms. The molecule has 0 saturated heterocycles. The molecule has 0 unspecified atom stereocenters. The van der Waals surface area contributed by atoms with Gasteiger partial charge >= 0.3 is 0 Å². The van der Waals surface area contributed by atoms with Gasteiger partial charge in [-0.1, -0.05) is 33.6 Å². The van der Waals surface area contributed by atoms with Gasteiger partial charge in [-0.25, -0.2) is 14.6 Å². The van der Waals surface area contributed by atoms with Crippen LogP contribution in [0.1, 0.15) is 26.4 Å². The van der Waals surface area contributed by atoms with Crippen molar-refractivity contribution in [3.63, 3.8) is 0 Å². The zero-order valence-corrected chi connectivity index (χ0v) is 17.4. The number of hydrogen-bond donors (Lipinski definition) is 0. The second kappa shape index (κ2) is 6.50. The number of halogens is 2. The molecule has 1 aliphatic heterocycles. The Morgan fingerprint density at radius 2 is 1.76 bits per heavy atom. The van der Waals surface area contributed by atoms with Crippen LogP contribution in [0, 0.1) is 6.92 Å². The van der Waals surface area contributed by atoms with Crippen LogP contribution < -0.4 is 4.90 Å². The number of hydrogen-bond acceptors (Lipinski definition) is 4. The van der Waals surface area contributed by atoms with Crippen LogP contribution >= 0.6 is 27.5 Å². The first-order valence-electron chi connectivity index (χ1n) is 8.74. The fourth-order valence-corrected chi connectivity index (χ4v) is 4.02. The van der Waals surface area contributed by atoms with Gasteiger partial charge in [0.05, 0.1) is 33.6 Å². The van der Waals surface area contributed by atoms with Crippen molar-refractivity contribution in [3.05, 3.63) is 81.0 Å². The van der Waals surface area contributed by atoms with Gasteiger partial charge in [0.1, 0.15) is 0 Å². The van der Waals surface area contributed by atoms with E-state index in [2.05, 4.69) is 26.0 Å². The van der Waals surface area contributed by atoms with E-state index in [0.717, 1.165) is 15.1 Å². The average Bonchev–Trinajstić information content (AvgIpc) is 3.17. The van der Waals surface area contributed by atoms with Gasteiger partial charge in [0.15, 0.2) is 5.65 Å². The molecule has 2 aromatic carbocycles. The number of imide groups is 1. The smallest absolute Gasteiger partial charge is 0.267 e. The summed E-state index contributed by atoms with van der Waals surface area (Å²) in [7, 11) is 0. The Hall–Kier alpha value is -3.03. The van der Waals surface area contributed by atoms with Crippen LogP contribution in [-0.4, -0.2) is 26.6 Å². The first-order chi connectivity index (χ1) is 14.0. The molecule has 4 aromatic rings. The van der Waals surface area contributed by atoms with Gasteiger partial charge in [0, 0.05) is 15.7 Å². The van der Waals surface area contributed by atoms with Crippen LogP contribution in [0.15, 0.2) is 59.2 Å². The molecule has 0 bridgehead atoms. The van der Waals surface area contributed by atoms with E-state index in [9.17, 15) is 9.59 Å². The van der Waals surface area contributed by atoms with Gasteiger partial charge in [-0.15, -0.1) is 0 Å². The highest BCUT2D eigenvalue weighted by atomic mass is 79.9. The van der Waals surface area contributed by atoms with Crippen LogP contribution in [0.3, 0.4) is 0 Å². The summed E-state index contributed by atoms with van der Waals surface area (Å²) in [5.41, 5.74) is 2.97. The predicted molar refractivity (Wildman–Crippen MR) is 114 cm³/mol. The van der Waals surface area contributed by atoms with Crippen molar-refractivity contribution in [1.82, 2.24) is 14.8 Å². The van der Waals surface area contributed by atoms with Crippen LogP contribution in [-0.2, 0) is 0 Å².